The first-order chi connectivity index (χ1) is 37.6. The van der Waals surface area contributed by atoms with E-state index in [4.69, 9.17) is 4.98 Å². The Balaban J connectivity index is 1.14. The summed E-state index contributed by atoms with van der Waals surface area (Å²) in [5.74, 6) is -0.578. The fraction of sp³-hybridized carbons (Fsp3) is 0.0143. The molecule has 1 atom stereocenters. The van der Waals surface area contributed by atoms with Crippen LogP contribution in [0.25, 0.3) is 64.3 Å². The lowest BCUT2D eigenvalue weighted by molar-refractivity contribution is 0.631. The molecule has 6 heteroatoms. The van der Waals surface area contributed by atoms with Crippen molar-refractivity contribution in [1.82, 2.24) is 4.98 Å². The Morgan fingerprint density at radius 1 is 0.382 bits per heavy atom. The van der Waals surface area contributed by atoms with Crippen molar-refractivity contribution in [2.24, 2.45) is 0 Å². The van der Waals surface area contributed by atoms with Crippen LogP contribution in [0, 0.1) is 11.6 Å². The summed E-state index contributed by atoms with van der Waals surface area (Å²) in [6, 6.07) is 88.7. The third kappa shape index (κ3) is 7.17. The van der Waals surface area contributed by atoms with Gasteiger partial charge in [-0.1, -0.05) is 182 Å². The van der Waals surface area contributed by atoms with Crippen molar-refractivity contribution in [1.29, 1.82) is 0 Å². The first-order valence-corrected chi connectivity index (χ1v) is 26.3. The molecule has 0 aliphatic heterocycles. The van der Waals surface area contributed by atoms with Gasteiger partial charge < -0.3 is 9.80 Å². The standard InChI is InChI=1S/C70H45F2N3S/c71-61-38-36-52(41-57(61)46-21-6-1-7-22-46)74(50-28-12-4-13-29-50)63-44-65-67(55-33-17-16-32-54(55)63)68-66-56-34-18-19-35-59(56)70(48-25-10-3-11-26-48,49-27-20-40-73-45-49)60(66)43-64(69(68)76-65)75(51-30-14-5-15-31-51)53-37-39-62(72)58(42-53)47-23-8-2-9-24-47/h1-45H. The van der Waals surface area contributed by atoms with Gasteiger partial charge in [-0.2, -0.15) is 0 Å². The first kappa shape index (κ1) is 45.2. The molecule has 1 unspecified atom stereocenters. The highest BCUT2D eigenvalue weighted by Crippen LogP contribution is 2.62. The third-order valence-corrected chi connectivity index (χ3v) is 16.3. The molecule has 0 fully saturated rings. The second-order valence-electron chi connectivity index (χ2n) is 19.2. The molecule has 0 saturated carbocycles. The van der Waals surface area contributed by atoms with Crippen LogP contribution in [0.1, 0.15) is 22.3 Å². The highest BCUT2D eigenvalue weighted by atomic mass is 32.1. The van der Waals surface area contributed by atoms with E-state index in [2.05, 4.69) is 155 Å². The smallest absolute Gasteiger partial charge is 0.131 e. The van der Waals surface area contributed by atoms with E-state index >= 15 is 8.78 Å². The maximum Gasteiger partial charge on any atom is 0.131 e. The number of thiophene rings is 1. The van der Waals surface area contributed by atoms with Gasteiger partial charge in [0.2, 0.25) is 0 Å². The summed E-state index contributed by atoms with van der Waals surface area (Å²) in [6.45, 7) is 0. The van der Waals surface area contributed by atoms with Crippen molar-refractivity contribution in [2.75, 3.05) is 9.80 Å². The van der Waals surface area contributed by atoms with E-state index in [1.807, 2.05) is 116 Å². The Kier molecular flexibility index (Phi) is 11.0. The molecule has 11 aromatic carbocycles. The fourth-order valence-electron chi connectivity index (χ4n) is 11.9. The molecule has 1 aliphatic carbocycles. The highest BCUT2D eigenvalue weighted by Gasteiger charge is 2.48. The minimum absolute atomic E-state index is 0.285. The fourth-order valence-corrected chi connectivity index (χ4v) is 13.2. The third-order valence-electron chi connectivity index (χ3n) is 15.1. The largest absolute Gasteiger partial charge is 0.310 e. The molecule has 0 spiro atoms. The van der Waals surface area contributed by atoms with Gasteiger partial charge in [0.05, 0.1) is 21.5 Å². The normalized spacial score (nSPS) is 13.7. The summed E-state index contributed by atoms with van der Waals surface area (Å²) in [5, 5.41) is 4.40. The minimum Gasteiger partial charge on any atom is -0.310 e. The average molecular weight is 998 g/mol. The van der Waals surface area contributed by atoms with Gasteiger partial charge in [-0.3, -0.25) is 4.98 Å². The lowest BCUT2D eigenvalue weighted by Gasteiger charge is -2.35. The Hall–Kier alpha value is -9.49. The number of nitrogens with zero attached hydrogens (tertiary/aromatic N) is 3. The molecule has 2 aromatic heterocycles. The maximum atomic E-state index is 16.3. The van der Waals surface area contributed by atoms with Crippen LogP contribution in [0.15, 0.2) is 273 Å². The number of hydrogen-bond acceptors (Lipinski definition) is 4. The number of para-hydroxylation sites is 2. The average Bonchev–Trinajstić information content (AvgIpc) is 4.23. The van der Waals surface area contributed by atoms with Gasteiger partial charge in [0.1, 0.15) is 11.6 Å². The van der Waals surface area contributed by atoms with Crippen LogP contribution in [-0.2, 0) is 5.41 Å². The van der Waals surface area contributed by atoms with Gasteiger partial charge in [-0.25, -0.2) is 8.78 Å². The Morgan fingerprint density at radius 3 is 1.49 bits per heavy atom. The molecule has 360 valence electrons. The lowest BCUT2D eigenvalue weighted by atomic mass is 9.68. The highest BCUT2D eigenvalue weighted by molar-refractivity contribution is 7.26. The van der Waals surface area contributed by atoms with Crippen molar-refractivity contribution in [3.05, 3.63) is 307 Å². The zero-order valence-electron chi connectivity index (χ0n) is 41.0. The Morgan fingerprint density at radius 2 is 0.895 bits per heavy atom. The zero-order valence-corrected chi connectivity index (χ0v) is 41.8. The molecule has 0 radical (unpaired) electrons. The zero-order chi connectivity index (χ0) is 50.7. The van der Waals surface area contributed by atoms with Crippen LogP contribution < -0.4 is 9.80 Å². The topological polar surface area (TPSA) is 19.4 Å². The van der Waals surface area contributed by atoms with Crippen molar-refractivity contribution < 1.29 is 8.78 Å². The van der Waals surface area contributed by atoms with E-state index in [0.717, 1.165) is 104 Å². The molecule has 1 aliphatic rings. The van der Waals surface area contributed by atoms with Crippen molar-refractivity contribution in [3.8, 4) is 33.4 Å². The number of benzene rings is 11. The number of pyridine rings is 1. The molecule has 13 aromatic rings. The summed E-state index contributed by atoms with van der Waals surface area (Å²) in [7, 11) is 0. The van der Waals surface area contributed by atoms with Crippen LogP contribution in [0.2, 0.25) is 0 Å². The molecule has 0 saturated heterocycles. The second kappa shape index (κ2) is 18.5. The first-order valence-electron chi connectivity index (χ1n) is 25.5. The number of aromatic nitrogens is 1. The Labute approximate surface area is 443 Å². The van der Waals surface area contributed by atoms with Crippen LogP contribution in [0.4, 0.5) is 42.9 Å². The van der Waals surface area contributed by atoms with Gasteiger partial charge in [-0.15, -0.1) is 11.3 Å². The summed E-state index contributed by atoms with van der Waals surface area (Å²) < 4.78 is 34.5. The van der Waals surface area contributed by atoms with Gasteiger partial charge in [0, 0.05) is 67.1 Å². The lowest BCUT2D eigenvalue weighted by Crippen LogP contribution is -2.29. The van der Waals surface area contributed by atoms with Gasteiger partial charge >= 0.3 is 0 Å². The van der Waals surface area contributed by atoms with Crippen LogP contribution in [0.5, 0.6) is 0 Å². The van der Waals surface area contributed by atoms with Crippen LogP contribution in [-0.4, -0.2) is 4.98 Å². The van der Waals surface area contributed by atoms with Crippen LogP contribution >= 0.6 is 11.3 Å². The second-order valence-corrected chi connectivity index (χ2v) is 20.3. The number of halogens is 2. The van der Waals surface area contributed by atoms with E-state index in [9.17, 15) is 0 Å². The summed E-state index contributed by atoms with van der Waals surface area (Å²) in [6.07, 6.45) is 3.87. The Bertz CT molecular complexity index is 4260. The van der Waals surface area contributed by atoms with Crippen molar-refractivity contribution >= 4 is 76.4 Å². The predicted molar refractivity (Wildman–Crippen MR) is 312 cm³/mol. The number of hydrogen-bond donors (Lipinski definition) is 0. The monoisotopic (exact) mass is 997 g/mol. The SMILES string of the molecule is Fc1ccc(N(c2ccccc2)c2cc3sc4c(N(c5ccccc5)c5ccc(F)c(-c6ccccc6)c5)cc5c(c4c3c3ccccc23)-c2ccccc2C5(c2ccccc2)c2cccnc2)cc1-c1ccccc1. The molecule has 3 nitrogen and oxygen atoms in total. The van der Waals surface area contributed by atoms with E-state index in [1.165, 1.54) is 5.56 Å². The minimum atomic E-state index is -0.794. The van der Waals surface area contributed by atoms with Crippen molar-refractivity contribution in [2.45, 2.75) is 5.41 Å². The van der Waals surface area contributed by atoms with E-state index < -0.39 is 5.41 Å². The molecule has 14 rings (SSSR count). The summed E-state index contributed by atoms with van der Waals surface area (Å²) >= 11 is 1.77. The quantitative estimate of drug-likeness (QED) is 0.136. The van der Waals surface area contributed by atoms with Gasteiger partial charge in [0.15, 0.2) is 0 Å². The van der Waals surface area contributed by atoms with Crippen LogP contribution in [0.3, 0.4) is 0 Å². The number of fused-ring (bicyclic) bond motifs is 9. The number of anilines is 6. The number of rotatable bonds is 10. The van der Waals surface area contributed by atoms with E-state index in [0.29, 0.717) is 11.1 Å². The van der Waals surface area contributed by atoms with Crippen molar-refractivity contribution in [3.63, 3.8) is 0 Å². The molecule has 0 bridgehead atoms. The van der Waals surface area contributed by atoms with E-state index in [-0.39, 0.29) is 11.6 Å². The molecule has 0 N–H and O–H groups in total. The summed E-state index contributed by atoms with van der Waals surface area (Å²) in [5.41, 5.74) is 14.1. The van der Waals surface area contributed by atoms with Gasteiger partial charge in [-0.05, 0) is 129 Å². The predicted octanol–water partition coefficient (Wildman–Crippen LogP) is 19.5. The maximum absolute atomic E-state index is 16.3. The molecule has 2 heterocycles. The van der Waals surface area contributed by atoms with E-state index in [1.54, 1.807) is 23.5 Å². The van der Waals surface area contributed by atoms with Gasteiger partial charge in [0.25, 0.3) is 0 Å². The molecule has 0 amide bonds. The molecule has 76 heavy (non-hydrogen) atoms. The molecular weight excluding hydrogens is 953 g/mol. The summed E-state index contributed by atoms with van der Waals surface area (Å²) in [4.78, 5) is 9.40. The molecular formula is C70H45F2N3S.